The Morgan fingerprint density at radius 3 is 2.59 bits per heavy atom. The predicted octanol–water partition coefficient (Wildman–Crippen LogP) is 1.16. The zero-order chi connectivity index (χ0) is 19.0. The Morgan fingerprint density at radius 1 is 1.22 bits per heavy atom. The van der Waals surface area contributed by atoms with Crippen LogP contribution in [0.15, 0.2) is 4.79 Å². The number of ether oxygens (including phenoxy) is 1. The molecule has 2 saturated heterocycles. The highest BCUT2D eigenvalue weighted by Gasteiger charge is 2.45. The highest BCUT2D eigenvalue weighted by atomic mass is 32.2. The van der Waals surface area contributed by atoms with Crippen LogP contribution in [0.1, 0.15) is 37.4 Å². The number of hydrogen-bond acceptors (Lipinski definition) is 6. The Hall–Kier alpha value is -1.54. The molecule has 1 amide bonds. The Labute approximate surface area is 163 Å². The number of amides is 1. The molecule has 1 aromatic rings. The fraction of sp³-hybridized carbons (Fsp3) is 0.737. The number of piperidine rings is 1. The van der Waals surface area contributed by atoms with E-state index in [0.29, 0.717) is 19.2 Å². The summed E-state index contributed by atoms with van der Waals surface area (Å²) in [5.74, 6) is 0.904. The van der Waals surface area contributed by atoms with Crippen molar-refractivity contribution in [3.8, 4) is 0 Å². The number of thioether (sulfide) groups is 1. The minimum absolute atomic E-state index is 0.00352. The van der Waals surface area contributed by atoms with Gasteiger partial charge in [-0.1, -0.05) is 0 Å². The van der Waals surface area contributed by atoms with Gasteiger partial charge in [0.15, 0.2) is 0 Å². The van der Waals surface area contributed by atoms with Gasteiger partial charge in [0.2, 0.25) is 11.9 Å². The van der Waals surface area contributed by atoms with E-state index in [-0.39, 0.29) is 22.1 Å². The van der Waals surface area contributed by atoms with Crippen molar-refractivity contribution in [3.63, 3.8) is 0 Å². The van der Waals surface area contributed by atoms with Crippen molar-refractivity contribution in [2.75, 3.05) is 50.5 Å². The van der Waals surface area contributed by atoms with Crippen LogP contribution in [-0.2, 0) is 21.4 Å². The fourth-order valence-corrected chi connectivity index (χ4v) is 4.91. The molecule has 0 saturated carbocycles. The smallest absolute Gasteiger partial charge is 0.255 e. The van der Waals surface area contributed by atoms with E-state index in [1.54, 1.807) is 11.8 Å². The molecule has 1 atom stereocenters. The van der Waals surface area contributed by atoms with E-state index in [1.165, 1.54) is 0 Å². The van der Waals surface area contributed by atoms with Crippen LogP contribution >= 0.6 is 11.8 Å². The van der Waals surface area contributed by atoms with Crippen LogP contribution in [0.5, 0.6) is 0 Å². The van der Waals surface area contributed by atoms with Crippen molar-refractivity contribution in [2.45, 2.75) is 43.3 Å². The molecule has 7 nitrogen and oxygen atoms in total. The summed E-state index contributed by atoms with van der Waals surface area (Å²) in [5.41, 5.74) is 1.79. The normalized spacial score (nSPS) is 22.7. The lowest BCUT2D eigenvalue weighted by Crippen LogP contribution is -2.47. The van der Waals surface area contributed by atoms with Crippen LogP contribution in [0, 0.1) is 0 Å². The third kappa shape index (κ3) is 3.38. The SMILES string of the molecule is CSC(C)C(=O)N1CCC2(CCc3c2nc(N2CCOCC2)[nH]c3=O)CC1. The van der Waals surface area contributed by atoms with Crippen LogP contribution in [0.3, 0.4) is 0 Å². The van der Waals surface area contributed by atoms with Gasteiger partial charge in [-0.05, 0) is 38.9 Å². The number of fused-ring (bicyclic) bond motifs is 2. The first-order chi connectivity index (χ1) is 13.0. The fourth-order valence-electron chi connectivity index (χ4n) is 4.56. The van der Waals surface area contributed by atoms with Crippen LogP contribution in [-0.4, -0.2) is 71.7 Å². The van der Waals surface area contributed by atoms with Gasteiger partial charge in [0.25, 0.3) is 5.56 Å². The first-order valence-corrected chi connectivity index (χ1v) is 11.1. The molecule has 1 spiro atoms. The molecule has 1 aromatic heterocycles. The summed E-state index contributed by atoms with van der Waals surface area (Å²) in [6.07, 6.45) is 5.52. The van der Waals surface area contributed by atoms with Gasteiger partial charge in [-0.2, -0.15) is 11.8 Å². The van der Waals surface area contributed by atoms with Crippen LogP contribution in [0.25, 0.3) is 0 Å². The van der Waals surface area contributed by atoms with Crippen molar-refractivity contribution in [3.05, 3.63) is 21.6 Å². The molecule has 27 heavy (non-hydrogen) atoms. The molecule has 2 fully saturated rings. The summed E-state index contributed by atoms with van der Waals surface area (Å²) in [5, 5.41) is 0.00352. The van der Waals surface area contributed by atoms with Gasteiger partial charge >= 0.3 is 0 Å². The second kappa shape index (κ2) is 7.47. The molecule has 3 aliphatic rings. The number of carbonyl (C=O) groups is 1. The van der Waals surface area contributed by atoms with Gasteiger partial charge in [-0.3, -0.25) is 14.6 Å². The first-order valence-electron chi connectivity index (χ1n) is 9.82. The van der Waals surface area contributed by atoms with Gasteiger partial charge in [0.05, 0.1) is 24.2 Å². The summed E-state index contributed by atoms with van der Waals surface area (Å²) >= 11 is 1.59. The quantitative estimate of drug-likeness (QED) is 0.832. The first kappa shape index (κ1) is 18.8. The molecule has 148 valence electrons. The third-order valence-corrected chi connectivity index (χ3v) is 7.31. The van der Waals surface area contributed by atoms with E-state index in [1.807, 2.05) is 18.1 Å². The molecule has 1 aliphatic carbocycles. The van der Waals surface area contributed by atoms with E-state index < -0.39 is 0 Å². The van der Waals surface area contributed by atoms with E-state index in [2.05, 4.69) is 9.88 Å². The largest absolute Gasteiger partial charge is 0.378 e. The van der Waals surface area contributed by atoms with E-state index in [4.69, 9.17) is 9.72 Å². The maximum atomic E-state index is 12.7. The average Bonchev–Trinajstić information content (AvgIpc) is 3.06. The molecule has 1 unspecified atom stereocenters. The number of morpholine rings is 1. The van der Waals surface area contributed by atoms with Crippen molar-refractivity contribution >= 4 is 23.6 Å². The van der Waals surface area contributed by atoms with E-state index >= 15 is 0 Å². The Kier molecular flexibility index (Phi) is 5.20. The zero-order valence-electron chi connectivity index (χ0n) is 16.1. The number of nitrogens with zero attached hydrogens (tertiary/aromatic N) is 3. The number of likely N-dealkylation sites (tertiary alicyclic amines) is 1. The lowest BCUT2D eigenvalue weighted by molar-refractivity contribution is -0.131. The van der Waals surface area contributed by atoms with Crippen molar-refractivity contribution < 1.29 is 9.53 Å². The van der Waals surface area contributed by atoms with Crippen LogP contribution < -0.4 is 10.5 Å². The van der Waals surface area contributed by atoms with Crippen molar-refractivity contribution in [1.82, 2.24) is 14.9 Å². The van der Waals surface area contributed by atoms with Crippen LogP contribution in [0.4, 0.5) is 5.95 Å². The summed E-state index contributed by atoms with van der Waals surface area (Å²) in [6, 6.07) is 0. The molecular weight excluding hydrogens is 364 g/mol. The number of anilines is 1. The van der Waals surface area contributed by atoms with Gasteiger partial charge in [-0.15, -0.1) is 0 Å². The molecule has 4 rings (SSSR count). The monoisotopic (exact) mass is 392 g/mol. The van der Waals surface area contributed by atoms with E-state index in [0.717, 1.165) is 63.1 Å². The number of rotatable bonds is 3. The summed E-state index contributed by atoms with van der Waals surface area (Å²) in [7, 11) is 0. The predicted molar refractivity (Wildman–Crippen MR) is 107 cm³/mol. The standard InChI is InChI=1S/C19H28N4O3S/c1-13(27-2)17(25)22-7-5-19(6-8-22)4-3-14-15(19)20-18(21-16(14)24)23-9-11-26-12-10-23/h13H,3-12H2,1-2H3,(H,20,21,24). The molecule has 1 N–H and O–H groups in total. The lowest BCUT2D eigenvalue weighted by atomic mass is 9.76. The molecule has 8 heteroatoms. The van der Waals surface area contributed by atoms with Gasteiger partial charge in [0, 0.05) is 37.2 Å². The topological polar surface area (TPSA) is 78.5 Å². The highest BCUT2D eigenvalue weighted by Crippen LogP contribution is 2.44. The second-order valence-electron chi connectivity index (χ2n) is 7.80. The maximum Gasteiger partial charge on any atom is 0.255 e. The maximum absolute atomic E-state index is 12.7. The third-order valence-electron chi connectivity index (χ3n) is 6.40. The van der Waals surface area contributed by atoms with Crippen molar-refractivity contribution in [1.29, 1.82) is 0 Å². The van der Waals surface area contributed by atoms with E-state index in [9.17, 15) is 9.59 Å². The Balaban J connectivity index is 1.57. The minimum Gasteiger partial charge on any atom is -0.378 e. The van der Waals surface area contributed by atoms with Crippen LogP contribution in [0.2, 0.25) is 0 Å². The number of carbonyl (C=O) groups excluding carboxylic acids is 1. The summed E-state index contributed by atoms with van der Waals surface area (Å²) in [6.45, 7) is 6.31. The molecule has 0 bridgehead atoms. The van der Waals surface area contributed by atoms with Gasteiger partial charge in [0.1, 0.15) is 0 Å². The minimum atomic E-state index is -0.0516. The molecule has 0 aromatic carbocycles. The Bertz CT molecular complexity index is 767. The molecule has 2 aliphatic heterocycles. The number of nitrogens with one attached hydrogen (secondary N) is 1. The van der Waals surface area contributed by atoms with Gasteiger partial charge < -0.3 is 14.5 Å². The summed E-state index contributed by atoms with van der Waals surface area (Å²) in [4.78, 5) is 37.2. The lowest BCUT2D eigenvalue weighted by Gasteiger charge is -2.40. The highest BCUT2D eigenvalue weighted by molar-refractivity contribution is 7.99. The Morgan fingerprint density at radius 2 is 1.93 bits per heavy atom. The average molecular weight is 393 g/mol. The number of H-pyrrole nitrogens is 1. The number of hydrogen-bond donors (Lipinski definition) is 1. The molecular formula is C19H28N4O3S. The van der Waals surface area contributed by atoms with Gasteiger partial charge in [-0.25, -0.2) is 4.98 Å². The number of aromatic amines is 1. The zero-order valence-corrected chi connectivity index (χ0v) is 16.9. The molecule has 3 heterocycles. The molecule has 0 radical (unpaired) electrons. The second-order valence-corrected chi connectivity index (χ2v) is 8.98. The number of aromatic nitrogens is 2. The summed E-state index contributed by atoms with van der Waals surface area (Å²) < 4.78 is 5.42. The van der Waals surface area contributed by atoms with Crippen molar-refractivity contribution in [2.24, 2.45) is 0 Å².